The van der Waals surface area contributed by atoms with Gasteiger partial charge in [-0.25, -0.2) is 4.79 Å². The summed E-state index contributed by atoms with van der Waals surface area (Å²) in [7, 11) is 0. The fourth-order valence-corrected chi connectivity index (χ4v) is 4.70. The second-order valence-electron chi connectivity index (χ2n) is 6.14. The Morgan fingerprint density at radius 2 is 2.13 bits per heavy atom. The first-order valence-electron chi connectivity index (χ1n) is 7.87. The Kier molecular flexibility index (Phi) is 4.01. The van der Waals surface area contributed by atoms with Crippen molar-refractivity contribution in [3.05, 3.63) is 22.4 Å². The third-order valence-corrected chi connectivity index (χ3v) is 5.88. The molecule has 3 rings (SSSR count). The maximum absolute atomic E-state index is 12.7. The Bertz CT molecular complexity index is 645. The van der Waals surface area contributed by atoms with E-state index in [1.807, 2.05) is 22.8 Å². The number of nitrogens with two attached hydrogens (primary N) is 1. The quantitative estimate of drug-likeness (QED) is 0.633. The first-order chi connectivity index (χ1) is 11.0. The van der Waals surface area contributed by atoms with Gasteiger partial charge in [-0.05, 0) is 25.3 Å². The number of carbonyl (C=O) groups is 3. The minimum absolute atomic E-state index is 0.176. The molecule has 6 nitrogen and oxygen atoms in total. The van der Waals surface area contributed by atoms with Gasteiger partial charge in [0, 0.05) is 13.5 Å². The first kappa shape index (κ1) is 16.1. The van der Waals surface area contributed by atoms with E-state index in [-0.39, 0.29) is 24.5 Å². The fraction of sp³-hybridized carbons (Fsp3) is 0.562. The number of hydrogen-bond acceptors (Lipinski definition) is 5. The lowest BCUT2D eigenvalue weighted by atomic mass is 9.81. The topological polar surface area (TPSA) is 80.3 Å². The summed E-state index contributed by atoms with van der Waals surface area (Å²) in [5.74, 6) is -2.02. The molecule has 2 saturated heterocycles. The van der Waals surface area contributed by atoms with Crippen LogP contribution in [0.15, 0.2) is 17.5 Å². The van der Waals surface area contributed by atoms with Gasteiger partial charge in [-0.15, -0.1) is 11.3 Å². The molecule has 0 unspecified atom stereocenters. The van der Waals surface area contributed by atoms with Crippen LogP contribution < -0.4 is 5.32 Å². The molecule has 0 aliphatic carbocycles. The van der Waals surface area contributed by atoms with Crippen LogP contribution in [-0.4, -0.2) is 41.4 Å². The van der Waals surface area contributed by atoms with Crippen molar-refractivity contribution in [1.82, 2.24) is 4.90 Å². The number of imide groups is 1. The van der Waals surface area contributed by atoms with Gasteiger partial charge in [0.1, 0.15) is 17.9 Å². The summed E-state index contributed by atoms with van der Waals surface area (Å²) in [6.07, 6.45) is 0. The number of likely N-dealkylation sites (tertiary alicyclic amines) is 1. The number of amides is 2. The molecule has 1 aromatic heterocycles. The average Bonchev–Trinajstić information content (AvgIpc) is 3.18. The molecular formula is C16H21N2O4S+. The highest BCUT2D eigenvalue weighted by Crippen LogP contribution is 2.45. The summed E-state index contributed by atoms with van der Waals surface area (Å²) in [6, 6.07) is 3.65. The van der Waals surface area contributed by atoms with Crippen molar-refractivity contribution in [2.45, 2.75) is 32.4 Å². The van der Waals surface area contributed by atoms with E-state index in [4.69, 9.17) is 4.74 Å². The van der Waals surface area contributed by atoms with Crippen LogP contribution in [0.2, 0.25) is 0 Å². The van der Waals surface area contributed by atoms with E-state index in [9.17, 15) is 14.4 Å². The molecule has 2 aliphatic rings. The van der Waals surface area contributed by atoms with Gasteiger partial charge in [0.05, 0.1) is 11.5 Å². The van der Waals surface area contributed by atoms with Crippen molar-refractivity contribution in [3.8, 4) is 0 Å². The van der Waals surface area contributed by atoms with Crippen molar-refractivity contribution in [2.75, 3.05) is 13.2 Å². The molecule has 0 bridgehead atoms. The SMILES string of the molecule is CCOC(=O)[C@]1(C)[NH2+][C@H](c2cccs2)[C@H]2C(=O)N(CC)C(=O)[C@H]21. The molecule has 2 fully saturated rings. The van der Waals surface area contributed by atoms with Gasteiger partial charge in [0.15, 0.2) is 0 Å². The smallest absolute Gasteiger partial charge is 0.368 e. The highest BCUT2D eigenvalue weighted by Gasteiger charge is 2.70. The highest BCUT2D eigenvalue weighted by atomic mass is 32.1. The lowest BCUT2D eigenvalue weighted by Crippen LogP contribution is -2.97. The van der Waals surface area contributed by atoms with Crippen molar-refractivity contribution in [3.63, 3.8) is 0 Å². The van der Waals surface area contributed by atoms with Gasteiger partial charge in [-0.2, -0.15) is 0 Å². The maximum Gasteiger partial charge on any atom is 0.368 e. The lowest BCUT2D eigenvalue weighted by Gasteiger charge is -2.25. The van der Waals surface area contributed by atoms with Crippen molar-refractivity contribution in [2.24, 2.45) is 11.8 Å². The van der Waals surface area contributed by atoms with Gasteiger partial charge in [0.2, 0.25) is 17.4 Å². The minimum Gasteiger partial charge on any atom is -0.461 e. The summed E-state index contributed by atoms with van der Waals surface area (Å²) in [6.45, 7) is 5.83. The molecule has 23 heavy (non-hydrogen) atoms. The molecule has 4 atom stereocenters. The summed E-state index contributed by atoms with van der Waals surface area (Å²) in [4.78, 5) is 40.3. The Morgan fingerprint density at radius 1 is 1.39 bits per heavy atom. The van der Waals surface area contributed by atoms with E-state index in [1.165, 1.54) is 4.90 Å². The standard InChI is InChI=1S/C16H20N2O4S/c1-4-18-13(19)10-11(14(18)20)16(3,15(21)22-5-2)17-12(10)9-7-6-8-23-9/h6-8,10-12,17H,4-5H2,1-3H3/p+1/t10-,11-,12+,16+/m0/s1. The Morgan fingerprint density at radius 3 is 2.70 bits per heavy atom. The number of hydrogen-bond donors (Lipinski definition) is 1. The van der Waals surface area contributed by atoms with Gasteiger partial charge in [-0.3, -0.25) is 14.5 Å². The number of esters is 1. The van der Waals surface area contributed by atoms with Crippen molar-refractivity contribution in [1.29, 1.82) is 0 Å². The normalized spacial score (nSPS) is 33.2. The molecule has 1 aromatic rings. The molecule has 0 aromatic carbocycles. The fourth-order valence-electron chi connectivity index (χ4n) is 3.86. The van der Waals surface area contributed by atoms with Crippen LogP contribution in [0.3, 0.4) is 0 Å². The second kappa shape index (κ2) is 5.72. The molecular weight excluding hydrogens is 316 g/mol. The third-order valence-electron chi connectivity index (χ3n) is 4.90. The number of rotatable bonds is 4. The molecule has 0 spiro atoms. The van der Waals surface area contributed by atoms with E-state index in [1.54, 1.807) is 32.1 Å². The van der Waals surface area contributed by atoms with E-state index in [0.717, 1.165) is 4.88 Å². The lowest BCUT2D eigenvalue weighted by molar-refractivity contribution is -0.730. The number of ether oxygens (including phenoxy) is 1. The zero-order valence-corrected chi connectivity index (χ0v) is 14.3. The van der Waals surface area contributed by atoms with E-state index >= 15 is 0 Å². The predicted octanol–water partition coefficient (Wildman–Crippen LogP) is 0.309. The van der Waals surface area contributed by atoms with Gasteiger partial charge in [-0.1, -0.05) is 6.07 Å². The van der Waals surface area contributed by atoms with Gasteiger partial charge >= 0.3 is 5.97 Å². The van der Waals surface area contributed by atoms with Crippen LogP contribution in [0.4, 0.5) is 0 Å². The zero-order valence-electron chi connectivity index (χ0n) is 13.4. The molecule has 2 aliphatic heterocycles. The molecule has 0 saturated carbocycles. The third kappa shape index (κ3) is 2.21. The summed E-state index contributed by atoms with van der Waals surface area (Å²) >= 11 is 1.54. The second-order valence-corrected chi connectivity index (χ2v) is 7.11. The van der Waals surface area contributed by atoms with E-state index in [2.05, 4.69) is 0 Å². The van der Waals surface area contributed by atoms with E-state index < -0.39 is 23.3 Å². The minimum atomic E-state index is -1.06. The molecule has 7 heteroatoms. The maximum atomic E-state index is 12.7. The molecule has 2 N–H and O–H groups in total. The molecule has 124 valence electrons. The van der Waals surface area contributed by atoms with Crippen molar-refractivity contribution >= 4 is 29.1 Å². The predicted molar refractivity (Wildman–Crippen MR) is 83.4 cm³/mol. The Hall–Kier alpha value is -1.73. The van der Waals surface area contributed by atoms with Crippen LogP contribution in [0.5, 0.6) is 0 Å². The summed E-state index contributed by atoms with van der Waals surface area (Å²) in [5, 5.41) is 3.80. The Balaban J connectivity index is 2.06. The number of carbonyl (C=O) groups excluding carboxylic acids is 3. The van der Waals surface area contributed by atoms with Crippen molar-refractivity contribution < 1.29 is 24.4 Å². The van der Waals surface area contributed by atoms with Gasteiger partial charge < -0.3 is 10.1 Å². The van der Waals surface area contributed by atoms with Crippen LogP contribution in [-0.2, 0) is 19.1 Å². The van der Waals surface area contributed by atoms with Crippen LogP contribution in [0, 0.1) is 11.8 Å². The first-order valence-corrected chi connectivity index (χ1v) is 8.75. The average molecular weight is 337 g/mol. The van der Waals surface area contributed by atoms with Gasteiger partial charge in [0.25, 0.3) is 0 Å². The van der Waals surface area contributed by atoms with Crippen LogP contribution in [0.25, 0.3) is 0 Å². The number of thiophene rings is 1. The zero-order chi connectivity index (χ0) is 16.8. The molecule has 2 amide bonds. The Labute approximate surface area is 138 Å². The number of nitrogens with zero attached hydrogens (tertiary/aromatic N) is 1. The van der Waals surface area contributed by atoms with Crippen LogP contribution in [0.1, 0.15) is 31.7 Å². The van der Waals surface area contributed by atoms with Crippen LogP contribution >= 0.6 is 11.3 Å². The number of quaternary nitrogens is 1. The summed E-state index contributed by atoms with van der Waals surface area (Å²) < 4.78 is 5.21. The monoisotopic (exact) mass is 337 g/mol. The largest absolute Gasteiger partial charge is 0.461 e. The molecule has 3 heterocycles. The number of fused-ring (bicyclic) bond motifs is 1. The highest BCUT2D eigenvalue weighted by molar-refractivity contribution is 7.10. The van der Waals surface area contributed by atoms with E-state index in [0.29, 0.717) is 6.54 Å². The molecule has 0 radical (unpaired) electrons. The summed E-state index contributed by atoms with van der Waals surface area (Å²) in [5.41, 5.74) is -1.06.